The lowest BCUT2D eigenvalue weighted by atomic mass is 9.70. The Balaban J connectivity index is 1.82. The van der Waals surface area contributed by atoms with E-state index in [2.05, 4.69) is 0 Å². The Kier molecular flexibility index (Phi) is 4.03. The molecule has 2 aliphatic rings. The lowest BCUT2D eigenvalue weighted by Crippen LogP contribution is -2.47. The van der Waals surface area contributed by atoms with E-state index < -0.39 is 17.9 Å². The van der Waals surface area contributed by atoms with Gasteiger partial charge in [0.1, 0.15) is 5.78 Å². The molecule has 0 radical (unpaired) electrons. The van der Waals surface area contributed by atoms with Gasteiger partial charge in [0.05, 0.1) is 18.1 Å². The third-order valence-electron chi connectivity index (χ3n) is 4.46. The maximum absolute atomic E-state index is 12.2. The number of ketones is 3. The number of ether oxygens (including phenoxy) is 1. The molecule has 2 aliphatic carbocycles. The van der Waals surface area contributed by atoms with Crippen molar-refractivity contribution in [1.29, 1.82) is 0 Å². The monoisotopic (exact) mass is 298 g/mol. The Hall–Kier alpha value is -2.07. The fraction of sp³-hybridized carbons (Fsp3) is 0.389. The van der Waals surface area contributed by atoms with Crippen molar-refractivity contribution in [2.75, 3.05) is 0 Å². The van der Waals surface area contributed by atoms with Crippen molar-refractivity contribution in [2.24, 2.45) is 11.8 Å². The molecule has 0 amide bonds. The van der Waals surface area contributed by atoms with Crippen molar-refractivity contribution in [3.8, 4) is 0 Å². The van der Waals surface area contributed by atoms with Crippen molar-refractivity contribution in [3.63, 3.8) is 0 Å². The minimum Gasteiger partial charge on any atom is -0.369 e. The molecule has 1 aromatic carbocycles. The zero-order valence-corrected chi connectivity index (χ0v) is 12.4. The summed E-state index contributed by atoms with van der Waals surface area (Å²) in [6, 6.07) is 9.65. The summed E-state index contributed by atoms with van der Waals surface area (Å²) in [6.45, 7) is 1.90. The van der Waals surface area contributed by atoms with Crippen LogP contribution in [0.25, 0.3) is 0 Å². The first-order chi connectivity index (χ1) is 10.6. The van der Waals surface area contributed by atoms with Crippen LogP contribution in [0.2, 0.25) is 0 Å². The number of carbonyl (C=O) groups excluding carboxylic acids is 3. The van der Waals surface area contributed by atoms with Crippen LogP contribution in [-0.2, 0) is 19.1 Å². The standard InChI is InChI=1S/C18H18O4/c1-11(12-5-3-2-4-6-12)22-17-10-13(19)9-14-15(20)7-8-16(21)18(14)17/h2-8,11,14,17-18H,9-10H2,1H3/t11-,14-,17-,18+/m0/s1. The first-order valence-electron chi connectivity index (χ1n) is 7.54. The van der Waals surface area contributed by atoms with E-state index in [9.17, 15) is 14.4 Å². The summed E-state index contributed by atoms with van der Waals surface area (Å²) >= 11 is 0. The van der Waals surface area contributed by atoms with Gasteiger partial charge in [0.25, 0.3) is 0 Å². The molecular formula is C18H18O4. The van der Waals surface area contributed by atoms with Gasteiger partial charge < -0.3 is 4.74 Å². The molecule has 0 saturated heterocycles. The normalized spacial score (nSPS) is 29.3. The number of hydrogen-bond acceptors (Lipinski definition) is 4. The van der Waals surface area contributed by atoms with Gasteiger partial charge in [-0.1, -0.05) is 30.3 Å². The Labute approximate surface area is 129 Å². The van der Waals surface area contributed by atoms with Gasteiger partial charge >= 0.3 is 0 Å². The van der Waals surface area contributed by atoms with Gasteiger partial charge in [-0.15, -0.1) is 0 Å². The minimum atomic E-state index is -0.549. The van der Waals surface area contributed by atoms with Crippen LogP contribution in [0.3, 0.4) is 0 Å². The zero-order chi connectivity index (χ0) is 15.7. The largest absolute Gasteiger partial charge is 0.369 e. The highest BCUT2D eigenvalue weighted by molar-refractivity contribution is 6.09. The average molecular weight is 298 g/mol. The summed E-state index contributed by atoms with van der Waals surface area (Å²) in [5.41, 5.74) is 0.988. The van der Waals surface area contributed by atoms with Gasteiger partial charge in [-0.25, -0.2) is 0 Å². The highest BCUT2D eigenvalue weighted by Gasteiger charge is 2.46. The molecule has 4 heteroatoms. The smallest absolute Gasteiger partial charge is 0.162 e. The Morgan fingerprint density at radius 1 is 1.00 bits per heavy atom. The van der Waals surface area contributed by atoms with Crippen LogP contribution in [0, 0.1) is 11.8 Å². The van der Waals surface area contributed by atoms with E-state index in [0.717, 1.165) is 5.56 Å². The molecule has 22 heavy (non-hydrogen) atoms. The van der Waals surface area contributed by atoms with Gasteiger partial charge in [-0.3, -0.25) is 14.4 Å². The molecule has 0 bridgehead atoms. The van der Waals surface area contributed by atoms with E-state index in [0.29, 0.717) is 0 Å². The van der Waals surface area contributed by atoms with E-state index in [1.165, 1.54) is 12.2 Å². The van der Waals surface area contributed by atoms with Crippen molar-refractivity contribution < 1.29 is 19.1 Å². The van der Waals surface area contributed by atoms with E-state index in [4.69, 9.17) is 4.74 Å². The molecule has 0 N–H and O–H groups in total. The third kappa shape index (κ3) is 2.79. The Bertz CT molecular complexity index is 632. The molecule has 3 rings (SSSR count). The number of hydrogen-bond donors (Lipinski definition) is 0. The Morgan fingerprint density at radius 2 is 1.68 bits per heavy atom. The number of fused-ring (bicyclic) bond motifs is 1. The van der Waals surface area contributed by atoms with Crippen molar-refractivity contribution in [2.45, 2.75) is 32.0 Å². The molecule has 4 atom stereocenters. The van der Waals surface area contributed by atoms with Crippen LogP contribution in [0.1, 0.15) is 31.4 Å². The summed E-state index contributed by atoms with van der Waals surface area (Å²) in [4.78, 5) is 36.1. The lowest BCUT2D eigenvalue weighted by molar-refractivity contribution is -0.149. The lowest BCUT2D eigenvalue weighted by Gasteiger charge is -2.37. The van der Waals surface area contributed by atoms with E-state index >= 15 is 0 Å². The molecule has 4 nitrogen and oxygen atoms in total. The molecule has 1 aromatic rings. The van der Waals surface area contributed by atoms with Gasteiger partial charge in [0.15, 0.2) is 11.6 Å². The molecule has 114 valence electrons. The molecule has 0 aromatic heterocycles. The van der Waals surface area contributed by atoms with Crippen LogP contribution in [0.5, 0.6) is 0 Å². The number of carbonyl (C=O) groups is 3. The summed E-state index contributed by atoms with van der Waals surface area (Å²) in [6.07, 6.45) is 2.21. The van der Waals surface area contributed by atoms with Crippen LogP contribution < -0.4 is 0 Å². The molecule has 0 unspecified atom stereocenters. The first kappa shape index (κ1) is 14.9. The fourth-order valence-corrected chi connectivity index (χ4v) is 3.32. The predicted octanol–water partition coefficient (Wildman–Crippen LogP) is 2.44. The second-order valence-corrected chi connectivity index (χ2v) is 5.94. The van der Waals surface area contributed by atoms with Gasteiger partial charge in [0.2, 0.25) is 0 Å². The van der Waals surface area contributed by atoms with E-state index in [1.54, 1.807) is 0 Å². The highest BCUT2D eigenvalue weighted by atomic mass is 16.5. The van der Waals surface area contributed by atoms with Crippen molar-refractivity contribution in [3.05, 3.63) is 48.0 Å². The number of rotatable bonds is 3. The van der Waals surface area contributed by atoms with Gasteiger partial charge in [0, 0.05) is 18.8 Å². The average Bonchev–Trinajstić information content (AvgIpc) is 2.51. The van der Waals surface area contributed by atoms with E-state index in [1.807, 2.05) is 37.3 Å². The quantitative estimate of drug-likeness (QED) is 0.860. The van der Waals surface area contributed by atoms with Gasteiger partial charge in [-0.2, -0.15) is 0 Å². The maximum Gasteiger partial charge on any atom is 0.162 e. The van der Waals surface area contributed by atoms with Crippen molar-refractivity contribution >= 4 is 17.3 Å². The van der Waals surface area contributed by atoms with Crippen LogP contribution in [-0.4, -0.2) is 23.5 Å². The predicted molar refractivity (Wildman–Crippen MR) is 80.1 cm³/mol. The molecule has 1 saturated carbocycles. The summed E-state index contributed by atoms with van der Waals surface area (Å²) in [5.74, 6) is -1.34. The summed E-state index contributed by atoms with van der Waals surface area (Å²) in [5, 5.41) is 0. The van der Waals surface area contributed by atoms with Crippen LogP contribution >= 0.6 is 0 Å². The fourth-order valence-electron chi connectivity index (χ4n) is 3.32. The second kappa shape index (κ2) is 5.97. The zero-order valence-electron chi connectivity index (χ0n) is 12.4. The molecule has 0 heterocycles. The van der Waals surface area contributed by atoms with Crippen LogP contribution in [0.15, 0.2) is 42.5 Å². The third-order valence-corrected chi connectivity index (χ3v) is 4.46. The van der Waals surface area contributed by atoms with Gasteiger partial charge in [-0.05, 0) is 24.6 Å². The van der Waals surface area contributed by atoms with Crippen LogP contribution in [0.4, 0.5) is 0 Å². The molecule has 0 aliphatic heterocycles. The SMILES string of the molecule is C[C@H](O[C@H]1CC(=O)C[C@H]2C(=O)C=CC(=O)[C@H]12)c1ccccc1. The summed E-state index contributed by atoms with van der Waals surface area (Å²) < 4.78 is 6.01. The topological polar surface area (TPSA) is 60.4 Å². The number of allylic oxidation sites excluding steroid dienone is 2. The first-order valence-corrected chi connectivity index (χ1v) is 7.54. The minimum absolute atomic E-state index is 0.0111. The molecular weight excluding hydrogens is 280 g/mol. The highest BCUT2D eigenvalue weighted by Crippen LogP contribution is 2.37. The van der Waals surface area contributed by atoms with E-state index in [-0.39, 0.29) is 36.3 Å². The second-order valence-electron chi connectivity index (χ2n) is 5.94. The van der Waals surface area contributed by atoms with Crippen molar-refractivity contribution in [1.82, 2.24) is 0 Å². The Morgan fingerprint density at radius 3 is 2.41 bits per heavy atom. The number of benzene rings is 1. The summed E-state index contributed by atoms with van der Waals surface area (Å²) in [7, 11) is 0. The number of Topliss-reactive ketones (excluding diaryl/α,β-unsaturated/α-hetero) is 1. The molecule has 1 fully saturated rings. The molecule has 0 spiro atoms. The maximum atomic E-state index is 12.2.